The van der Waals surface area contributed by atoms with Crippen LogP contribution in [-0.4, -0.2) is 70.1 Å². The van der Waals surface area contributed by atoms with Crippen LogP contribution in [0.25, 0.3) is 0 Å². The fraction of sp³-hybridized carbons (Fsp3) is 0.538. The molecule has 1 heterocycles. The number of piperidine rings is 1. The number of fused-ring (bicyclic) bond motifs is 2. The maximum Gasteiger partial charge on any atom is 0.305 e. The number of hydrogen-bond acceptors (Lipinski definition) is 6. The summed E-state index contributed by atoms with van der Waals surface area (Å²) in [5, 5.41) is 17.0. The number of carboxylic acids is 1. The number of hydrogen-bond donors (Lipinski definition) is 4. The first-order valence-electron chi connectivity index (χ1n) is 12.4. The fourth-order valence-corrected chi connectivity index (χ4v) is 5.42. The van der Waals surface area contributed by atoms with Crippen LogP contribution < -0.4 is 16.0 Å². The number of carboxylic acid groups (broad SMARTS) is 1. The molecule has 2 aliphatic rings. The highest BCUT2D eigenvalue weighted by atomic mass is 35.5. The van der Waals surface area contributed by atoms with Gasteiger partial charge in [-0.25, -0.2) is 0 Å². The highest BCUT2D eigenvalue weighted by Crippen LogP contribution is 2.43. The smallest absolute Gasteiger partial charge is 0.305 e. The van der Waals surface area contributed by atoms with Crippen molar-refractivity contribution in [1.29, 1.82) is 0 Å². The van der Waals surface area contributed by atoms with E-state index in [9.17, 15) is 28.8 Å². The van der Waals surface area contributed by atoms with Gasteiger partial charge < -0.3 is 30.8 Å². The largest absolute Gasteiger partial charge is 0.481 e. The van der Waals surface area contributed by atoms with Gasteiger partial charge in [0.05, 0.1) is 23.2 Å². The first-order chi connectivity index (χ1) is 17.7. The number of nitrogens with one attached hydrogen (secondary N) is 3. The molecule has 4 unspecified atom stereocenters. The number of nitrogens with zero attached hydrogens (tertiary/aromatic N) is 1. The van der Waals surface area contributed by atoms with Gasteiger partial charge in [0.2, 0.25) is 17.7 Å². The van der Waals surface area contributed by atoms with E-state index in [0.29, 0.717) is 24.8 Å². The number of aliphatic carboxylic acids is 1. The summed E-state index contributed by atoms with van der Waals surface area (Å²) in [5.41, 5.74) is -0.201. The van der Waals surface area contributed by atoms with Crippen molar-refractivity contribution in [3.63, 3.8) is 0 Å². The molecule has 4 amide bonds. The molecule has 2 fully saturated rings. The molecular weight excluding hydrogens is 516 g/mol. The molecular formula is C26H33ClN4O7. The average molecular weight is 549 g/mol. The Bertz CT molecular complexity index is 1150. The van der Waals surface area contributed by atoms with Crippen molar-refractivity contribution < 1.29 is 33.9 Å². The van der Waals surface area contributed by atoms with Gasteiger partial charge >= 0.3 is 5.97 Å². The molecule has 11 nitrogen and oxygen atoms in total. The van der Waals surface area contributed by atoms with E-state index in [1.165, 1.54) is 30.0 Å². The van der Waals surface area contributed by atoms with Crippen molar-refractivity contribution >= 4 is 53.2 Å². The van der Waals surface area contributed by atoms with Gasteiger partial charge in [-0.05, 0) is 48.8 Å². The number of carbonyl (C=O) groups is 6. The lowest BCUT2D eigenvalue weighted by atomic mass is 9.84. The molecule has 4 N–H and O–H groups in total. The normalized spacial score (nSPS) is 21.8. The summed E-state index contributed by atoms with van der Waals surface area (Å²) in [6, 6.07) is 1.08. The minimum atomic E-state index is -1.23. The molecule has 5 atom stereocenters. The Labute approximate surface area is 225 Å². The van der Waals surface area contributed by atoms with Crippen LogP contribution in [0.1, 0.15) is 63.7 Å². The summed E-state index contributed by atoms with van der Waals surface area (Å²) >= 11 is 6.22. The van der Waals surface area contributed by atoms with E-state index < -0.39 is 53.7 Å². The molecule has 2 bridgehead atoms. The van der Waals surface area contributed by atoms with Crippen LogP contribution in [-0.2, 0) is 24.0 Å². The molecule has 1 aromatic rings. The number of aldehydes is 1. The number of amides is 4. The summed E-state index contributed by atoms with van der Waals surface area (Å²) in [4.78, 5) is 75.5. The van der Waals surface area contributed by atoms with E-state index in [1.807, 2.05) is 0 Å². The quantitative estimate of drug-likeness (QED) is 0.343. The number of benzene rings is 1. The van der Waals surface area contributed by atoms with Crippen LogP contribution in [0.3, 0.4) is 0 Å². The molecule has 1 aromatic carbocycles. The third kappa shape index (κ3) is 6.50. The third-order valence-electron chi connectivity index (χ3n) is 6.93. The van der Waals surface area contributed by atoms with Gasteiger partial charge in [-0.2, -0.15) is 0 Å². The molecule has 0 radical (unpaired) electrons. The van der Waals surface area contributed by atoms with E-state index >= 15 is 0 Å². The summed E-state index contributed by atoms with van der Waals surface area (Å²) in [7, 11) is 0. The van der Waals surface area contributed by atoms with Gasteiger partial charge in [0.15, 0.2) is 0 Å². The summed E-state index contributed by atoms with van der Waals surface area (Å²) in [6.45, 7) is 6.71. The number of rotatable bonds is 9. The zero-order valence-electron chi connectivity index (χ0n) is 21.7. The average Bonchev–Trinajstić information content (AvgIpc) is 3.43. The predicted molar refractivity (Wildman–Crippen MR) is 138 cm³/mol. The Balaban J connectivity index is 1.83. The zero-order valence-corrected chi connectivity index (χ0v) is 22.5. The second-order valence-corrected chi connectivity index (χ2v) is 11.3. The fourth-order valence-electron chi connectivity index (χ4n) is 5.19. The van der Waals surface area contributed by atoms with Gasteiger partial charge in [-0.3, -0.25) is 24.0 Å². The van der Waals surface area contributed by atoms with E-state index in [-0.39, 0.29) is 28.5 Å². The monoisotopic (exact) mass is 548 g/mol. The Morgan fingerprint density at radius 3 is 2.39 bits per heavy atom. The van der Waals surface area contributed by atoms with Crippen molar-refractivity contribution in [3.05, 3.63) is 28.8 Å². The van der Waals surface area contributed by atoms with Gasteiger partial charge in [0, 0.05) is 18.5 Å². The van der Waals surface area contributed by atoms with Gasteiger partial charge in [0.1, 0.15) is 18.4 Å². The van der Waals surface area contributed by atoms with E-state index in [1.54, 1.807) is 20.8 Å². The number of carbonyl (C=O) groups excluding carboxylic acids is 5. The van der Waals surface area contributed by atoms with Gasteiger partial charge in [-0.1, -0.05) is 32.4 Å². The number of halogens is 1. The van der Waals surface area contributed by atoms with Crippen LogP contribution in [0.15, 0.2) is 18.2 Å². The molecule has 3 rings (SSSR count). The van der Waals surface area contributed by atoms with Crippen LogP contribution >= 0.6 is 11.6 Å². The molecule has 1 saturated heterocycles. The van der Waals surface area contributed by atoms with Crippen LogP contribution in [0.5, 0.6) is 0 Å². The Morgan fingerprint density at radius 1 is 1.16 bits per heavy atom. The molecule has 38 heavy (non-hydrogen) atoms. The maximum atomic E-state index is 13.9. The van der Waals surface area contributed by atoms with E-state index in [4.69, 9.17) is 16.7 Å². The predicted octanol–water partition coefficient (Wildman–Crippen LogP) is 1.98. The highest BCUT2D eigenvalue weighted by molar-refractivity contribution is 6.34. The summed E-state index contributed by atoms with van der Waals surface area (Å²) < 4.78 is 0. The van der Waals surface area contributed by atoms with Crippen LogP contribution in [0.4, 0.5) is 5.69 Å². The Kier molecular flexibility index (Phi) is 8.81. The Hall–Kier alpha value is -3.47. The van der Waals surface area contributed by atoms with Crippen molar-refractivity contribution in [1.82, 2.24) is 15.5 Å². The minimum Gasteiger partial charge on any atom is -0.481 e. The highest BCUT2D eigenvalue weighted by Gasteiger charge is 2.53. The molecule has 206 valence electrons. The van der Waals surface area contributed by atoms with Gasteiger partial charge in [0.25, 0.3) is 5.91 Å². The third-order valence-corrected chi connectivity index (χ3v) is 7.24. The maximum absolute atomic E-state index is 13.9. The zero-order chi connectivity index (χ0) is 28.4. The lowest BCUT2D eigenvalue weighted by molar-refractivity contribution is -0.147. The van der Waals surface area contributed by atoms with Crippen molar-refractivity contribution in [2.75, 3.05) is 5.32 Å². The molecule has 1 aliphatic carbocycles. The summed E-state index contributed by atoms with van der Waals surface area (Å²) in [6.07, 6.45) is 1.85. The van der Waals surface area contributed by atoms with Crippen molar-refractivity contribution in [2.24, 2.45) is 11.3 Å². The summed E-state index contributed by atoms with van der Waals surface area (Å²) in [5.74, 6) is -3.24. The SMILES string of the molecule is CC(=O)Nc1ccc(C(=O)NC(C(=O)N2C3CCC(C3)C2C(=O)N[C@H](C=O)CC(=O)O)C(C)(C)C)cc1Cl. The van der Waals surface area contributed by atoms with E-state index in [2.05, 4.69) is 16.0 Å². The second-order valence-electron chi connectivity index (χ2n) is 10.9. The first kappa shape index (κ1) is 29.1. The topological polar surface area (TPSA) is 162 Å². The van der Waals surface area contributed by atoms with Gasteiger partial charge in [-0.15, -0.1) is 0 Å². The van der Waals surface area contributed by atoms with Crippen molar-refractivity contribution in [3.8, 4) is 0 Å². The lowest BCUT2D eigenvalue weighted by Crippen LogP contribution is -2.61. The number of likely N-dealkylation sites (tertiary alicyclic amines) is 1. The van der Waals surface area contributed by atoms with E-state index in [0.717, 1.165) is 6.42 Å². The minimum absolute atomic E-state index is 0.127. The molecule has 12 heteroatoms. The number of anilines is 1. The molecule has 1 aliphatic heterocycles. The molecule has 1 saturated carbocycles. The standard InChI is InChI=1S/C26H33ClN4O7/c1-13(33)28-19-8-6-15(10-18(19)27)23(36)30-22(26(2,3)4)25(38)31-17-7-5-14(9-17)21(31)24(37)29-16(12-32)11-20(34)35/h6,8,10,12,14,16-17,21-22H,5,7,9,11H2,1-4H3,(H,28,33)(H,29,37)(H,30,36)(H,34,35)/t14?,16-,17?,21?,22?/m0/s1. The van der Waals surface area contributed by atoms with Crippen LogP contribution in [0, 0.1) is 11.3 Å². The first-order valence-corrected chi connectivity index (χ1v) is 12.8. The Morgan fingerprint density at radius 2 is 1.84 bits per heavy atom. The van der Waals surface area contributed by atoms with Crippen molar-refractivity contribution in [2.45, 2.75) is 77.5 Å². The molecule has 0 aromatic heterocycles. The second kappa shape index (κ2) is 11.5. The molecule has 0 spiro atoms. The lowest BCUT2D eigenvalue weighted by Gasteiger charge is -2.40. The van der Waals surface area contributed by atoms with Crippen LogP contribution in [0.2, 0.25) is 5.02 Å².